The molecule has 0 aliphatic carbocycles. The number of para-hydroxylation sites is 2. The number of aromatic amines is 1. The lowest BCUT2D eigenvalue weighted by Crippen LogP contribution is -2.57. The van der Waals surface area contributed by atoms with Crippen molar-refractivity contribution in [2.75, 3.05) is 11.4 Å². The summed E-state index contributed by atoms with van der Waals surface area (Å²) < 4.78 is 14.7. The summed E-state index contributed by atoms with van der Waals surface area (Å²) in [7, 11) is 0. The van der Waals surface area contributed by atoms with Crippen molar-refractivity contribution < 1.29 is 4.39 Å². The quantitative estimate of drug-likeness (QED) is 0.722. The summed E-state index contributed by atoms with van der Waals surface area (Å²) in [6, 6.07) is 15.6. The number of aromatic nitrogens is 2. The molecular formula is C21H19FN4. The Bertz CT molecular complexity index is 1000. The smallest absolute Gasteiger partial charge is 0.139 e. The molecule has 5 rings (SSSR count). The second-order valence-electron chi connectivity index (χ2n) is 7.30. The van der Waals surface area contributed by atoms with Gasteiger partial charge in [0.05, 0.1) is 23.1 Å². The Hall–Kier alpha value is -2.87. The second kappa shape index (κ2) is 5.57. The normalized spacial score (nSPS) is 24.8. The van der Waals surface area contributed by atoms with Gasteiger partial charge < -0.3 is 9.88 Å². The predicted octanol–water partition coefficient (Wildman–Crippen LogP) is 4.08. The lowest BCUT2D eigenvalue weighted by molar-refractivity contribution is 0.310. The van der Waals surface area contributed by atoms with Crippen LogP contribution < -0.4 is 4.90 Å². The van der Waals surface area contributed by atoms with Gasteiger partial charge in [-0.25, -0.2) is 9.37 Å². The highest BCUT2D eigenvalue weighted by Gasteiger charge is 2.51. The number of benzene rings is 2. The zero-order chi connectivity index (χ0) is 17.7. The van der Waals surface area contributed by atoms with Crippen LogP contribution in [-0.2, 0) is 11.8 Å². The molecule has 5 heteroatoms. The highest BCUT2D eigenvalue weighted by molar-refractivity contribution is 5.75. The highest BCUT2D eigenvalue weighted by Crippen LogP contribution is 2.46. The molecule has 1 fully saturated rings. The van der Waals surface area contributed by atoms with Crippen LogP contribution in [0.4, 0.5) is 10.1 Å². The molecular weight excluding hydrogens is 327 g/mol. The minimum absolute atomic E-state index is 0.0103. The van der Waals surface area contributed by atoms with Crippen molar-refractivity contribution in [2.24, 2.45) is 0 Å². The fourth-order valence-corrected chi connectivity index (χ4v) is 4.69. The maximum absolute atomic E-state index is 14.7. The first kappa shape index (κ1) is 15.4. The number of hydrogen-bond acceptors (Lipinski definition) is 3. The molecule has 3 aromatic rings. The summed E-state index contributed by atoms with van der Waals surface area (Å²) in [4.78, 5) is 10.3. The fourth-order valence-electron chi connectivity index (χ4n) is 4.69. The molecule has 0 radical (unpaired) electrons. The number of anilines is 1. The molecule has 2 aliphatic rings. The molecule has 3 heterocycles. The van der Waals surface area contributed by atoms with E-state index in [1.165, 1.54) is 6.07 Å². The molecule has 0 unspecified atom stereocenters. The van der Waals surface area contributed by atoms with Gasteiger partial charge in [0.15, 0.2) is 0 Å². The van der Waals surface area contributed by atoms with Crippen LogP contribution in [0.1, 0.15) is 30.7 Å². The summed E-state index contributed by atoms with van der Waals surface area (Å²) >= 11 is 0. The molecule has 1 N–H and O–H groups in total. The average Bonchev–Trinajstić information content (AvgIpc) is 3.12. The predicted molar refractivity (Wildman–Crippen MR) is 98.5 cm³/mol. The number of fused-ring (bicyclic) bond motifs is 4. The Kier molecular flexibility index (Phi) is 3.30. The van der Waals surface area contributed by atoms with E-state index in [4.69, 9.17) is 4.98 Å². The Balaban J connectivity index is 1.74. The molecule has 1 aromatic heterocycles. The van der Waals surface area contributed by atoms with Crippen molar-refractivity contribution in [1.82, 2.24) is 9.97 Å². The summed E-state index contributed by atoms with van der Waals surface area (Å²) in [6.07, 6.45) is 3.41. The first-order chi connectivity index (χ1) is 12.7. The van der Waals surface area contributed by atoms with E-state index in [0.29, 0.717) is 17.8 Å². The fraction of sp³-hybridized carbons (Fsp3) is 0.333. The van der Waals surface area contributed by atoms with E-state index >= 15 is 0 Å². The lowest BCUT2D eigenvalue weighted by Gasteiger charge is -2.49. The van der Waals surface area contributed by atoms with Gasteiger partial charge in [0, 0.05) is 24.2 Å². The molecule has 2 atom stereocenters. The van der Waals surface area contributed by atoms with E-state index in [1.54, 1.807) is 6.07 Å². The highest BCUT2D eigenvalue weighted by atomic mass is 19.1. The molecule has 0 spiro atoms. The minimum Gasteiger partial charge on any atom is -0.366 e. The monoisotopic (exact) mass is 346 g/mol. The molecule has 2 aliphatic heterocycles. The zero-order valence-electron chi connectivity index (χ0n) is 14.4. The van der Waals surface area contributed by atoms with E-state index in [2.05, 4.69) is 16.0 Å². The van der Waals surface area contributed by atoms with Crippen LogP contribution in [0.2, 0.25) is 0 Å². The van der Waals surface area contributed by atoms with Gasteiger partial charge >= 0.3 is 0 Å². The van der Waals surface area contributed by atoms with Crippen molar-refractivity contribution in [3.8, 4) is 6.07 Å². The Morgan fingerprint density at radius 3 is 2.92 bits per heavy atom. The molecule has 26 heavy (non-hydrogen) atoms. The zero-order valence-corrected chi connectivity index (χ0v) is 14.4. The third-order valence-corrected chi connectivity index (χ3v) is 5.94. The van der Waals surface area contributed by atoms with Crippen LogP contribution in [0.3, 0.4) is 0 Å². The first-order valence-corrected chi connectivity index (χ1v) is 9.13. The average molecular weight is 346 g/mol. The van der Waals surface area contributed by atoms with Gasteiger partial charge in [0.2, 0.25) is 0 Å². The molecule has 0 bridgehead atoms. The van der Waals surface area contributed by atoms with E-state index < -0.39 is 5.41 Å². The number of nitrogens with one attached hydrogen (secondary N) is 1. The van der Waals surface area contributed by atoms with Crippen molar-refractivity contribution >= 4 is 16.7 Å². The third kappa shape index (κ3) is 2.02. The number of imidazole rings is 1. The summed E-state index contributed by atoms with van der Waals surface area (Å²) in [6.45, 7) is 0.852. The molecule has 130 valence electrons. The topological polar surface area (TPSA) is 55.7 Å². The lowest BCUT2D eigenvalue weighted by atomic mass is 9.68. The third-order valence-electron chi connectivity index (χ3n) is 5.94. The van der Waals surface area contributed by atoms with Crippen LogP contribution in [0.5, 0.6) is 0 Å². The number of hydrogen-bond donors (Lipinski definition) is 1. The number of piperidine rings is 1. The van der Waals surface area contributed by atoms with Crippen LogP contribution in [0.15, 0.2) is 42.5 Å². The molecule has 2 aromatic carbocycles. The Morgan fingerprint density at radius 1 is 1.19 bits per heavy atom. The number of H-pyrrole nitrogens is 1. The first-order valence-electron chi connectivity index (χ1n) is 9.13. The maximum Gasteiger partial charge on any atom is 0.139 e. The number of rotatable bonds is 1. The van der Waals surface area contributed by atoms with Gasteiger partial charge in [-0.2, -0.15) is 5.26 Å². The van der Waals surface area contributed by atoms with Crippen molar-refractivity contribution in [2.45, 2.75) is 37.1 Å². The second-order valence-corrected chi connectivity index (χ2v) is 7.30. The summed E-state index contributed by atoms with van der Waals surface area (Å²) in [5.41, 5.74) is 2.47. The standard InChI is InChI=1S/C21H19FN4/c22-15-6-5-9-18-14(15)12-21(13-23,19-10-3-4-11-26(18)19)20-24-16-7-1-2-8-17(16)25-20/h1-2,5-9,19H,3-4,10-12H2,(H,24,25)/t19-,21+/m1/s1. The molecule has 0 amide bonds. The van der Waals surface area contributed by atoms with Crippen molar-refractivity contribution in [3.63, 3.8) is 0 Å². The largest absolute Gasteiger partial charge is 0.366 e. The molecule has 1 saturated heterocycles. The minimum atomic E-state index is -0.866. The summed E-state index contributed by atoms with van der Waals surface area (Å²) in [5.74, 6) is 0.425. The number of halogens is 1. The van der Waals surface area contributed by atoms with Gasteiger partial charge in [-0.05, 0) is 43.5 Å². The van der Waals surface area contributed by atoms with Gasteiger partial charge in [-0.1, -0.05) is 18.2 Å². The van der Waals surface area contributed by atoms with Gasteiger partial charge in [0.25, 0.3) is 0 Å². The number of nitriles is 1. The summed E-state index contributed by atoms with van der Waals surface area (Å²) in [5, 5.41) is 10.3. The SMILES string of the molecule is N#C[C@@]1(c2nc3ccccc3[nH]2)Cc2c(F)cccc2N2CCCC[C@@H]21. The Labute approximate surface area is 151 Å². The van der Waals surface area contributed by atoms with Crippen molar-refractivity contribution in [1.29, 1.82) is 5.26 Å². The van der Waals surface area contributed by atoms with Crippen LogP contribution in [0, 0.1) is 17.1 Å². The van der Waals surface area contributed by atoms with Crippen LogP contribution in [-0.4, -0.2) is 22.6 Å². The van der Waals surface area contributed by atoms with E-state index in [1.807, 2.05) is 30.3 Å². The van der Waals surface area contributed by atoms with E-state index in [0.717, 1.165) is 42.5 Å². The molecule has 4 nitrogen and oxygen atoms in total. The van der Waals surface area contributed by atoms with Gasteiger partial charge in [-0.3, -0.25) is 0 Å². The molecule has 0 saturated carbocycles. The van der Waals surface area contributed by atoms with Gasteiger partial charge in [-0.15, -0.1) is 0 Å². The van der Waals surface area contributed by atoms with Gasteiger partial charge in [0.1, 0.15) is 17.1 Å². The van der Waals surface area contributed by atoms with Crippen LogP contribution >= 0.6 is 0 Å². The number of nitrogens with zero attached hydrogens (tertiary/aromatic N) is 3. The van der Waals surface area contributed by atoms with Crippen LogP contribution in [0.25, 0.3) is 11.0 Å². The maximum atomic E-state index is 14.7. The Morgan fingerprint density at radius 2 is 2.08 bits per heavy atom. The van der Waals surface area contributed by atoms with E-state index in [9.17, 15) is 9.65 Å². The van der Waals surface area contributed by atoms with Crippen molar-refractivity contribution in [3.05, 3.63) is 59.7 Å². The van der Waals surface area contributed by atoms with E-state index in [-0.39, 0.29) is 11.9 Å².